The molecule has 12 heavy (non-hydrogen) atoms. The van der Waals surface area contributed by atoms with Crippen LogP contribution in [0, 0.1) is 5.92 Å². The Morgan fingerprint density at radius 2 is 1.92 bits per heavy atom. The maximum absolute atomic E-state index is 11.0. The van der Waals surface area contributed by atoms with E-state index in [9.17, 15) is 8.42 Å². The smallest absolute Gasteiger partial charge is 0.150 e. The summed E-state index contributed by atoms with van der Waals surface area (Å²) in [6.45, 7) is 0.545. The van der Waals surface area contributed by atoms with E-state index >= 15 is 0 Å². The van der Waals surface area contributed by atoms with Crippen molar-refractivity contribution in [3.8, 4) is 0 Å². The number of allylic oxidation sites excluding steroid dienone is 1. The summed E-state index contributed by atoms with van der Waals surface area (Å²) in [5, 5.41) is 0. The van der Waals surface area contributed by atoms with E-state index in [0.29, 0.717) is 24.0 Å². The van der Waals surface area contributed by atoms with Crippen molar-refractivity contribution in [2.75, 3.05) is 18.1 Å². The highest BCUT2D eigenvalue weighted by Gasteiger charge is 2.21. The maximum atomic E-state index is 11.0. The van der Waals surface area contributed by atoms with Gasteiger partial charge in [-0.3, -0.25) is 0 Å². The van der Waals surface area contributed by atoms with Gasteiger partial charge in [-0.1, -0.05) is 12.2 Å². The van der Waals surface area contributed by atoms with Gasteiger partial charge in [0.15, 0.2) is 0 Å². The molecule has 1 aliphatic rings. The average Bonchev–Trinajstić information content (AvgIpc) is 2.03. The molecule has 3 nitrogen and oxygen atoms in total. The van der Waals surface area contributed by atoms with Crippen LogP contribution in [0.15, 0.2) is 12.2 Å². The van der Waals surface area contributed by atoms with Crippen LogP contribution < -0.4 is 5.73 Å². The van der Waals surface area contributed by atoms with E-state index in [1.165, 1.54) is 0 Å². The molecule has 0 aromatic rings. The lowest BCUT2D eigenvalue weighted by Crippen LogP contribution is -2.22. The van der Waals surface area contributed by atoms with Gasteiger partial charge >= 0.3 is 0 Å². The lowest BCUT2D eigenvalue weighted by atomic mass is 10.0. The van der Waals surface area contributed by atoms with Gasteiger partial charge in [0.2, 0.25) is 0 Å². The number of hydrogen-bond acceptors (Lipinski definition) is 3. The Bertz CT molecular complexity index is 242. The van der Waals surface area contributed by atoms with Crippen LogP contribution in [0.3, 0.4) is 0 Å². The highest BCUT2D eigenvalue weighted by atomic mass is 32.2. The van der Waals surface area contributed by atoms with E-state index in [-0.39, 0.29) is 0 Å². The van der Waals surface area contributed by atoms with Gasteiger partial charge in [-0.25, -0.2) is 8.42 Å². The van der Waals surface area contributed by atoms with Gasteiger partial charge in [0.05, 0.1) is 11.5 Å². The molecule has 0 spiro atoms. The summed E-state index contributed by atoms with van der Waals surface area (Å²) in [5.74, 6) is 1.11. The Hall–Kier alpha value is -0.350. The zero-order chi connectivity index (χ0) is 9.03. The minimum absolute atomic E-state index is 0.340. The molecule has 1 rings (SSSR count). The largest absolute Gasteiger partial charge is 0.327 e. The van der Waals surface area contributed by atoms with Crippen molar-refractivity contribution < 1.29 is 8.42 Å². The highest BCUT2D eigenvalue weighted by Crippen LogP contribution is 2.19. The lowest BCUT2D eigenvalue weighted by Gasteiger charge is -2.18. The normalized spacial score (nSPS) is 24.8. The predicted octanol–water partition coefficient (Wildman–Crippen LogP) is 0.326. The number of hydrogen-bond donors (Lipinski definition) is 1. The quantitative estimate of drug-likeness (QED) is 0.637. The van der Waals surface area contributed by atoms with Crippen LogP contribution >= 0.6 is 0 Å². The van der Waals surface area contributed by atoms with E-state index in [1.807, 2.05) is 12.2 Å². The van der Waals surface area contributed by atoms with Crippen molar-refractivity contribution >= 4 is 9.84 Å². The second-order valence-corrected chi connectivity index (χ2v) is 5.46. The lowest BCUT2D eigenvalue weighted by molar-refractivity contribution is 0.534. The molecule has 1 heterocycles. The summed E-state index contributed by atoms with van der Waals surface area (Å²) in [4.78, 5) is 0. The SMILES string of the molecule is NC/C=C/C1CCS(=O)(=O)CC1. The second-order valence-electron chi connectivity index (χ2n) is 3.15. The van der Waals surface area contributed by atoms with Crippen molar-refractivity contribution in [3.63, 3.8) is 0 Å². The Labute approximate surface area is 73.6 Å². The topological polar surface area (TPSA) is 60.2 Å². The molecule has 70 valence electrons. The van der Waals surface area contributed by atoms with E-state index < -0.39 is 9.84 Å². The van der Waals surface area contributed by atoms with Gasteiger partial charge in [-0.05, 0) is 18.8 Å². The van der Waals surface area contributed by atoms with Crippen LogP contribution in [-0.4, -0.2) is 26.5 Å². The van der Waals surface area contributed by atoms with E-state index in [0.717, 1.165) is 12.8 Å². The number of sulfone groups is 1. The van der Waals surface area contributed by atoms with Crippen LogP contribution in [0.4, 0.5) is 0 Å². The molecule has 0 aliphatic carbocycles. The Balaban J connectivity index is 2.41. The molecule has 1 fully saturated rings. The van der Waals surface area contributed by atoms with Crippen LogP contribution in [0.2, 0.25) is 0 Å². The summed E-state index contributed by atoms with van der Waals surface area (Å²) in [5.41, 5.74) is 5.29. The van der Waals surface area contributed by atoms with Crippen LogP contribution in [-0.2, 0) is 9.84 Å². The summed E-state index contributed by atoms with van der Waals surface area (Å²) in [7, 11) is -2.71. The Morgan fingerprint density at radius 1 is 1.33 bits per heavy atom. The number of nitrogens with two attached hydrogens (primary N) is 1. The summed E-state index contributed by atoms with van der Waals surface area (Å²) in [6, 6.07) is 0. The van der Waals surface area contributed by atoms with Crippen LogP contribution in [0.5, 0.6) is 0 Å². The zero-order valence-corrected chi connectivity index (χ0v) is 7.89. The molecule has 0 amide bonds. The van der Waals surface area contributed by atoms with Crippen molar-refractivity contribution in [2.45, 2.75) is 12.8 Å². The van der Waals surface area contributed by atoms with Crippen molar-refractivity contribution in [3.05, 3.63) is 12.2 Å². The van der Waals surface area contributed by atoms with E-state index in [4.69, 9.17) is 5.73 Å². The molecular weight excluding hydrogens is 174 g/mol. The first-order valence-corrected chi connectivity index (χ1v) is 6.03. The Morgan fingerprint density at radius 3 is 2.42 bits per heavy atom. The molecule has 0 unspecified atom stereocenters. The third kappa shape index (κ3) is 2.95. The van der Waals surface area contributed by atoms with Gasteiger partial charge < -0.3 is 5.73 Å². The van der Waals surface area contributed by atoms with Gasteiger partial charge in [0.25, 0.3) is 0 Å². The molecule has 1 saturated heterocycles. The third-order valence-corrected chi connectivity index (χ3v) is 3.86. The standard InChI is InChI=1S/C8H15NO2S/c9-5-1-2-8-3-6-12(10,11)7-4-8/h1-2,8H,3-7,9H2/b2-1+. The molecule has 4 heteroatoms. The molecule has 0 atom stereocenters. The van der Waals surface area contributed by atoms with Crippen LogP contribution in [0.1, 0.15) is 12.8 Å². The molecule has 2 N–H and O–H groups in total. The highest BCUT2D eigenvalue weighted by molar-refractivity contribution is 7.91. The first-order valence-electron chi connectivity index (χ1n) is 4.21. The monoisotopic (exact) mass is 189 g/mol. The molecular formula is C8H15NO2S. The van der Waals surface area contributed by atoms with Crippen molar-refractivity contribution in [1.29, 1.82) is 0 Å². The van der Waals surface area contributed by atoms with Gasteiger partial charge in [0, 0.05) is 6.54 Å². The average molecular weight is 189 g/mol. The van der Waals surface area contributed by atoms with Crippen molar-refractivity contribution in [2.24, 2.45) is 11.7 Å². The third-order valence-electron chi connectivity index (χ3n) is 2.14. The molecule has 0 radical (unpaired) electrons. The molecule has 0 aromatic heterocycles. The fourth-order valence-corrected chi connectivity index (χ4v) is 2.90. The van der Waals surface area contributed by atoms with Gasteiger partial charge in [0.1, 0.15) is 9.84 Å². The summed E-state index contributed by atoms with van der Waals surface area (Å²) >= 11 is 0. The van der Waals surface area contributed by atoms with E-state index in [1.54, 1.807) is 0 Å². The number of rotatable bonds is 2. The molecule has 1 aliphatic heterocycles. The first-order chi connectivity index (χ1) is 5.64. The summed E-state index contributed by atoms with van der Waals surface area (Å²) < 4.78 is 22.0. The molecule has 0 aromatic carbocycles. The van der Waals surface area contributed by atoms with Crippen LogP contribution in [0.25, 0.3) is 0 Å². The molecule has 0 bridgehead atoms. The Kier molecular flexibility index (Phi) is 3.29. The minimum Gasteiger partial charge on any atom is -0.327 e. The fourth-order valence-electron chi connectivity index (χ4n) is 1.37. The first kappa shape index (κ1) is 9.74. The molecule has 0 saturated carbocycles. The minimum atomic E-state index is -2.71. The van der Waals surface area contributed by atoms with Gasteiger partial charge in [-0.15, -0.1) is 0 Å². The van der Waals surface area contributed by atoms with Crippen molar-refractivity contribution in [1.82, 2.24) is 0 Å². The fraction of sp³-hybridized carbons (Fsp3) is 0.750. The maximum Gasteiger partial charge on any atom is 0.150 e. The second kappa shape index (κ2) is 4.05. The predicted molar refractivity (Wildman–Crippen MR) is 49.6 cm³/mol. The van der Waals surface area contributed by atoms with Gasteiger partial charge in [-0.2, -0.15) is 0 Å². The summed E-state index contributed by atoms with van der Waals surface area (Å²) in [6.07, 6.45) is 5.47. The zero-order valence-electron chi connectivity index (χ0n) is 7.07. The van der Waals surface area contributed by atoms with E-state index in [2.05, 4.69) is 0 Å².